The Balaban J connectivity index is 1.55. The van der Waals surface area contributed by atoms with Gasteiger partial charge in [0.25, 0.3) is 11.6 Å². The van der Waals surface area contributed by atoms with Gasteiger partial charge in [-0.3, -0.25) is 19.8 Å². The number of amides is 1. The minimum atomic E-state index is -0.469. The maximum absolute atomic E-state index is 12.7. The average molecular weight is 477 g/mol. The van der Waals surface area contributed by atoms with E-state index < -0.39 is 10.9 Å². The molecule has 1 aliphatic heterocycles. The maximum atomic E-state index is 12.7. The summed E-state index contributed by atoms with van der Waals surface area (Å²) in [5.74, 6) is 0.0552. The van der Waals surface area contributed by atoms with Gasteiger partial charge in [-0.05, 0) is 61.2 Å². The molecular weight excluding hydrogens is 458 g/mol. The molecule has 0 spiro atoms. The van der Waals surface area contributed by atoms with Crippen molar-refractivity contribution in [2.75, 3.05) is 13.7 Å². The standard InChI is InChI=1S/C24H19N3O6S/c1-3-32-23(29)15-8-10-16(11-9-15)25-24-26(2)22(28)21(34-24)14-17-12-13-20(33-17)18-6-4-5-7-19(18)27(30)31/h4-14H,3H2,1-2H3/b21-14+,25-24?. The summed E-state index contributed by atoms with van der Waals surface area (Å²) in [6.07, 6.45) is 1.58. The second kappa shape index (κ2) is 9.75. The number of likely N-dealkylation sites (N-methyl/N-ethyl adjacent to an activating group) is 1. The van der Waals surface area contributed by atoms with E-state index in [0.29, 0.717) is 45.0 Å². The number of carbonyl (C=O) groups is 2. The van der Waals surface area contributed by atoms with Gasteiger partial charge in [-0.25, -0.2) is 9.79 Å². The van der Waals surface area contributed by atoms with Gasteiger partial charge in [0.2, 0.25) is 0 Å². The molecule has 10 heteroatoms. The van der Waals surface area contributed by atoms with E-state index in [1.807, 2.05) is 0 Å². The molecule has 9 nitrogen and oxygen atoms in total. The number of furan rings is 1. The minimum absolute atomic E-state index is 0.0644. The Labute approximate surface area is 198 Å². The molecule has 0 saturated carbocycles. The molecule has 0 atom stereocenters. The van der Waals surface area contributed by atoms with Gasteiger partial charge < -0.3 is 9.15 Å². The fraction of sp³-hybridized carbons (Fsp3) is 0.125. The molecule has 34 heavy (non-hydrogen) atoms. The van der Waals surface area contributed by atoms with Crippen LogP contribution in [0.25, 0.3) is 17.4 Å². The zero-order valence-electron chi connectivity index (χ0n) is 18.3. The van der Waals surface area contributed by atoms with Crippen molar-refractivity contribution in [1.29, 1.82) is 0 Å². The number of hydrogen-bond donors (Lipinski definition) is 0. The van der Waals surface area contributed by atoms with Crippen molar-refractivity contribution in [2.45, 2.75) is 6.92 Å². The highest BCUT2D eigenvalue weighted by Gasteiger charge is 2.31. The van der Waals surface area contributed by atoms with Crippen LogP contribution < -0.4 is 0 Å². The fourth-order valence-electron chi connectivity index (χ4n) is 3.19. The van der Waals surface area contributed by atoms with Crippen LogP contribution in [0.2, 0.25) is 0 Å². The van der Waals surface area contributed by atoms with E-state index in [1.54, 1.807) is 74.6 Å². The van der Waals surface area contributed by atoms with Crippen LogP contribution in [0.4, 0.5) is 11.4 Å². The number of benzene rings is 2. The summed E-state index contributed by atoms with van der Waals surface area (Å²) >= 11 is 1.18. The number of nitro groups is 1. The van der Waals surface area contributed by atoms with E-state index in [-0.39, 0.29) is 11.6 Å². The second-order valence-corrected chi connectivity index (χ2v) is 8.12. The highest BCUT2D eigenvalue weighted by molar-refractivity contribution is 8.18. The third-order valence-corrected chi connectivity index (χ3v) is 5.93. The lowest BCUT2D eigenvalue weighted by Gasteiger charge is -2.07. The Kier molecular flexibility index (Phi) is 6.60. The lowest BCUT2D eigenvalue weighted by molar-refractivity contribution is -0.384. The predicted octanol–water partition coefficient (Wildman–Crippen LogP) is 5.27. The molecule has 1 aromatic heterocycles. The number of hydrogen-bond acceptors (Lipinski definition) is 8. The lowest BCUT2D eigenvalue weighted by Crippen LogP contribution is -2.23. The number of carbonyl (C=O) groups excluding carboxylic acids is 2. The van der Waals surface area contributed by atoms with Gasteiger partial charge in [-0.15, -0.1) is 0 Å². The van der Waals surface area contributed by atoms with Crippen molar-refractivity contribution in [3.63, 3.8) is 0 Å². The summed E-state index contributed by atoms with van der Waals surface area (Å²) in [5, 5.41) is 11.8. The molecule has 4 rings (SSSR count). The number of aliphatic imine (C=N–C) groups is 1. The summed E-state index contributed by atoms with van der Waals surface area (Å²) < 4.78 is 10.7. The smallest absolute Gasteiger partial charge is 0.338 e. The molecule has 1 amide bonds. The van der Waals surface area contributed by atoms with E-state index in [1.165, 1.54) is 22.7 Å². The SMILES string of the molecule is CCOC(=O)c1ccc(N=C2S/C(=C/c3ccc(-c4ccccc4[N+](=O)[O-])o3)C(=O)N2C)cc1. The van der Waals surface area contributed by atoms with Gasteiger partial charge in [0.15, 0.2) is 5.17 Å². The van der Waals surface area contributed by atoms with Crippen LogP contribution in [0, 0.1) is 10.1 Å². The Morgan fingerprint density at radius 3 is 2.62 bits per heavy atom. The van der Waals surface area contributed by atoms with Crippen molar-refractivity contribution < 1.29 is 23.7 Å². The number of amidine groups is 1. The van der Waals surface area contributed by atoms with Gasteiger partial charge >= 0.3 is 5.97 Å². The van der Waals surface area contributed by atoms with Crippen molar-refractivity contribution in [3.05, 3.63) is 87.0 Å². The van der Waals surface area contributed by atoms with Gasteiger partial charge in [-0.1, -0.05) is 12.1 Å². The lowest BCUT2D eigenvalue weighted by atomic mass is 10.1. The quantitative estimate of drug-likeness (QED) is 0.206. The third kappa shape index (κ3) is 4.76. The Hall–Kier alpha value is -4.18. The molecule has 1 fully saturated rings. The molecule has 0 unspecified atom stereocenters. The van der Waals surface area contributed by atoms with Crippen molar-refractivity contribution in [3.8, 4) is 11.3 Å². The number of ether oxygens (including phenoxy) is 1. The molecule has 2 aromatic carbocycles. The molecular formula is C24H19N3O6S. The number of rotatable bonds is 6. The van der Waals surface area contributed by atoms with Crippen molar-refractivity contribution in [2.24, 2.45) is 4.99 Å². The first-order valence-corrected chi connectivity index (χ1v) is 11.1. The maximum Gasteiger partial charge on any atom is 0.338 e. The molecule has 1 aliphatic rings. The van der Waals surface area contributed by atoms with E-state index in [4.69, 9.17) is 9.15 Å². The molecule has 172 valence electrons. The normalized spacial score (nSPS) is 15.8. The third-order valence-electron chi connectivity index (χ3n) is 4.87. The number of para-hydroxylation sites is 1. The Bertz CT molecular complexity index is 1330. The summed E-state index contributed by atoms with van der Waals surface area (Å²) in [5.41, 5.74) is 1.29. The number of thioether (sulfide) groups is 1. The molecule has 0 aliphatic carbocycles. The molecule has 0 bridgehead atoms. The van der Waals surface area contributed by atoms with Crippen LogP contribution in [-0.2, 0) is 9.53 Å². The van der Waals surface area contributed by atoms with E-state index >= 15 is 0 Å². The number of nitrogens with zero attached hydrogens (tertiary/aromatic N) is 3. The molecule has 3 aromatic rings. The van der Waals surface area contributed by atoms with Gasteiger partial charge in [0.1, 0.15) is 11.5 Å². The number of esters is 1. The van der Waals surface area contributed by atoms with Crippen molar-refractivity contribution >= 4 is 46.3 Å². The van der Waals surface area contributed by atoms with Crippen molar-refractivity contribution in [1.82, 2.24) is 4.90 Å². The largest absolute Gasteiger partial charge is 0.462 e. The number of nitro benzene ring substituents is 1. The zero-order valence-corrected chi connectivity index (χ0v) is 19.1. The van der Waals surface area contributed by atoms with Gasteiger partial charge in [0.05, 0.1) is 33.2 Å². The highest BCUT2D eigenvalue weighted by Crippen LogP contribution is 2.35. The van der Waals surface area contributed by atoms with Crippen LogP contribution in [0.1, 0.15) is 23.0 Å². The van der Waals surface area contributed by atoms with E-state index in [0.717, 1.165) is 0 Å². The summed E-state index contributed by atoms with van der Waals surface area (Å²) in [7, 11) is 1.61. The topological polar surface area (TPSA) is 115 Å². The van der Waals surface area contributed by atoms with Crippen LogP contribution >= 0.6 is 11.8 Å². The summed E-state index contributed by atoms with van der Waals surface area (Å²) in [4.78, 5) is 41.6. The second-order valence-electron chi connectivity index (χ2n) is 7.11. The average Bonchev–Trinajstić information content (AvgIpc) is 3.40. The fourth-order valence-corrected chi connectivity index (χ4v) is 4.16. The summed E-state index contributed by atoms with van der Waals surface area (Å²) in [6, 6.07) is 16.1. The first kappa shape index (κ1) is 23.0. The summed E-state index contributed by atoms with van der Waals surface area (Å²) in [6.45, 7) is 2.03. The highest BCUT2D eigenvalue weighted by atomic mass is 32.2. The monoisotopic (exact) mass is 477 g/mol. The first-order valence-electron chi connectivity index (χ1n) is 10.2. The zero-order chi connectivity index (χ0) is 24.2. The molecule has 0 radical (unpaired) electrons. The predicted molar refractivity (Wildman–Crippen MR) is 129 cm³/mol. The molecule has 2 heterocycles. The van der Waals surface area contributed by atoms with Gasteiger partial charge in [-0.2, -0.15) is 0 Å². The van der Waals surface area contributed by atoms with Crippen LogP contribution in [-0.4, -0.2) is 40.5 Å². The van der Waals surface area contributed by atoms with Crippen LogP contribution in [0.3, 0.4) is 0 Å². The first-order chi connectivity index (χ1) is 16.4. The van der Waals surface area contributed by atoms with Gasteiger partial charge in [0, 0.05) is 19.2 Å². The minimum Gasteiger partial charge on any atom is -0.462 e. The van der Waals surface area contributed by atoms with E-state index in [2.05, 4.69) is 4.99 Å². The molecule has 1 saturated heterocycles. The Morgan fingerprint density at radius 1 is 1.18 bits per heavy atom. The molecule has 0 N–H and O–H groups in total. The van der Waals surface area contributed by atoms with Crippen LogP contribution in [0.15, 0.2) is 75.0 Å². The van der Waals surface area contributed by atoms with E-state index in [9.17, 15) is 19.7 Å². The van der Waals surface area contributed by atoms with Crippen LogP contribution in [0.5, 0.6) is 0 Å². The Morgan fingerprint density at radius 2 is 1.91 bits per heavy atom.